The minimum Gasteiger partial charge on any atom is -0.464 e. The number of nitrogens with two attached hydrogens (primary N) is 1. The van der Waals surface area contributed by atoms with Crippen molar-refractivity contribution >= 4 is 16.5 Å². The summed E-state index contributed by atoms with van der Waals surface area (Å²) in [5, 5.41) is 17.6. The molecule has 0 spiro atoms. The Morgan fingerprint density at radius 3 is 2.79 bits per heavy atom. The van der Waals surface area contributed by atoms with Gasteiger partial charge in [-0.3, -0.25) is 4.68 Å². The van der Waals surface area contributed by atoms with Crippen LogP contribution in [-0.2, 0) is 13.0 Å². The zero-order valence-corrected chi connectivity index (χ0v) is 13.5. The molecule has 1 aromatic carbocycles. The van der Waals surface area contributed by atoms with Crippen LogP contribution in [0.25, 0.3) is 22.6 Å². The van der Waals surface area contributed by atoms with Crippen LogP contribution in [0.15, 0.2) is 53.3 Å². The number of aryl methyl sites for hydroxylation is 2. The zero-order chi connectivity index (χ0) is 16.4. The second kappa shape index (κ2) is 6.25. The molecule has 4 aromatic rings. The first-order valence-electron chi connectivity index (χ1n) is 7.40. The number of benzene rings is 1. The first-order valence-corrected chi connectivity index (χ1v) is 8.22. The van der Waals surface area contributed by atoms with Crippen molar-refractivity contribution < 1.29 is 4.42 Å². The van der Waals surface area contributed by atoms with Gasteiger partial charge in [0.2, 0.25) is 5.13 Å². The summed E-state index contributed by atoms with van der Waals surface area (Å²) in [6.45, 7) is 0.680. The number of nitrogens with zero attached hydrogens (tertiary/aromatic N) is 5. The Balaban J connectivity index is 1.51. The first-order chi connectivity index (χ1) is 11.8. The smallest absolute Gasteiger partial charge is 0.203 e. The normalized spacial score (nSPS) is 11.0. The van der Waals surface area contributed by atoms with E-state index >= 15 is 0 Å². The molecule has 0 radical (unpaired) electrons. The molecule has 0 fully saturated rings. The van der Waals surface area contributed by atoms with E-state index < -0.39 is 0 Å². The van der Waals surface area contributed by atoms with Crippen LogP contribution in [-0.4, -0.2) is 25.2 Å². The Morgan fingerprint density at radius 1 is 1.08 bits per heavy atom. The van der Waals surface area contributed by atoms with E-state index in [0.29, 0.717) is 11.7 Å². The van der Waals surface area contributed by atoms with Gasteiger partial charge in [-0.2, -0.15) is 0 Å². The molecule has 3 aromatic heterocycles. The van der Waals surface area contributed by atoms with Gasteiger partial charge in [-0.05, 0) is 18.2 Å². The summed E-state index contributed by atoms with van der Waals surface area (Å²) < 4.78 is 7.24. The average Bonchev–Trinajstić information content (AvgIpc) is 3.35. The molecule has 0 saturated carbocycles. The van der Waals surface area contributed by atoms with E-state index in [2.05, 4.69) is 20.5 Å². The summed E-state index contributed by atoms with van der Waals surface area (Å²) in [4.78, 5) is 0. The van der Waals surface area contributed by atoms with Gasteiger partial charge >= 0.3 is 0 Å². The van der Waals surface area contributed by atoms with Crippen molar-refractivity contribution in [1.29, 1.82) is 0 Å². The number of anilines is 1. The zero-order valence-electron chi connectivity index (χ0n) is 12.7. The molecule has 0 saturated heterocycles. The standard InChI is InChI=1S/C16H14N6OS/c17-16-20-19-15(24-16)6-7-22-10-13(18-21-22)11-3-1-4-12(9-11)14-5-2-8-23-14/h1-5,8-10H,6-7H2,(H2,17,20). The molecule has 3 heterocycles. The van der Waals surface area contributed by atoms with E-state index in [0.717, 1.165) is 34.0 Å². The predicted octanol–water partition coefficient (Wildman–Crippen LogP) is 2.88. The third-order valence-electron chi connectivity index (χ3n) is 3.54. The maximum absolute atomic E-state index is 5.58. The van der Waals surface area contributed by atoms with Gasteiger partial charge in [0, 0.05) is 24.1 Å². The molecule has 0 atom stereocenters. The van der Waals surface area contributed by atoms with Crippen LogP contribution in [0.1, 0.15) is 5.01 Å². The average molecular weight is 338 g/mol. The summed E-state index contributed by atoms with van der Waals surface area (Å²) in [6, 6.07) is 11.8. The van der Waals surface area contributed by atoms with Crippen LogP contribution in [0.4, 0.5) is 5.13 Å². The van der Waals surface area contributed by atoms with Crippen molar-refractivity contribution in [1.82, 2.24) is 25.2 Å². The van der Waals surface area contributed by atoms with E-state index in [-0.39, 0.29) is 0 Å². The van der Waals surface area contributed by atoms with Crippen LogP contribution in [0.2, 0.25) is 0 Å². The summed E-state index contributed by atoms with van der Waals surface area (Å²) in [6.07, 6.45) is 4.31. The Morgan fingerprint density at radius 2 is 2.00 bits per heavy atom. The Bertz CT molecular complexity index is 943. The molecule has 2 N–H and O–H groups in total. The monoisotopic (exact) mass is 338 g/mol. The second-order valence-electron chi connectivity index (χ2n) is 5.21. The highest BCUT2D eigenvalue weighted by molar-refractivity contribution is 7.15. The fourth-order valence-corrected chi connectivity index (χ4v) is 2.99. The van der Waals surface area contributed by atoms with E-state index in [1.807, 2.05) is 42.6 Å². The van der Waals surface area contributed by atoms with Crippen molar-refractivity contribution in [2.24, 2.45) is 0 Å². The van der Waals surface area contributed by atoms with Gasteiger partial charge in [-0.25, -0.2) is 0 Å². The first kappa shape index (κ1) is 14.6. The molecular formula is C16H14N6OS. The lowest BCUT2D eigenvalue weighted by Gasteiger charge is -2.00. The van der Waals surface area contributed by atoms with Crippen LogP contribution >= 0.6 is 11.3 Å². The molecule has 0 aliphatic carbocycles. The molecule has 8 heteroatoms. The number of aromatic nitrogens is 5. The molecule has 120 valence electrons. The van der Waals surface area contributed by atoms with Gasteiger partial charge in [0.1, 0.15) is 16.5 Å². The molecule has 0 amide bonds. The second-order valence-corrected chi connectivity index (χ2v) is 6.30. The van der Waals surface area contributed by atoms with Gasteiger partial charge in [0.05, 0.1) is 12.5 Å². The summed E-state index contributed by atoms with van der Waals surface area (Å²) in [7, 11) is 0. The minimum atomic E-state index is 0.485. The van der Waals surface area contributed by atoms with Gasteiger partial charge in [-0.1, -0.05) is 34.7 Å². The molecule has 0 aliphatic rings. The Labute approximate surface area is 141 Å². The van der Waals surface area contributed by atoms with Gasteiger partial charge < -0.3 is 10.2 Å². The van der Waals surface area contributed by atoms with E-state index in [1.165, 1.54) is 11.3 Å². The van der Waals surface area contributed by atoms with Crippen molar-refractivity contribution in [2.75, 3.05) is 5.73 Å². The van der Waals surface area contributed by atoms with Gasteiger partial charge in [0.15, 0.2) is 0 Å². The number of rotatable bonds is 5. The summed E-state index contributed by atoms with van der Waals surface area (Å²) >= 11 is 1.39. The third-order valence-corrected chi connectivity index (χ3v) is 4.35. The molecule has 24 heavy (non-hydrogen) atoms. The van der Waals surface area contributed by atoms with E-state index in [1.54, 1.807) is 10.9 Å². The van der Waals surface area contributed by atoms with Crippen LogP contribution in [0.3, 0.4) is 0 Å². The van der Waals surface area contributed by atoms with Crippen molar-refractivity contribution in [3.63, 3.8) is 0 Å². The molecule has 0 bridgehead atoms. The summed E-state index contributed by atoms with van der Waals surface area (Å²) in [5.41, 5.74) is 8.41. The predicted molar refractivity (Wildman–Crippen MR) is 91.2 cm³/mol. The van der Waals surface area contributed by atoms with E-state index in [9.17, 15) is 0 Å². The number of hydrogen-bond donors (Lipinski definition) is 1. The molecular weight excluding hydrogens is 324 g/mol. The Kier molecular flexibility index (Phi) is 3.80. The maximum Gasteiger partial charge on any atom is 0.203 e. The minimum absolute atomic E-state index is 0.485. The lowest BCUT2D eigenvalue weighted by molar-refractivity contribution is 0.582. The van der Waals surface area contributed by atoms with E-state index in [4.69, 9.17) is 10.2 Å². The largest absolute Gasteiger partial charge is 0.464 e. The lowest BCUT2D eigenvalue weighted by atomic mass is 10.1. The van der Waals surface area contributed by atoms with Gasteiger partial charge in [0.25, 0.3) is 0 Å². The van der Waals surface area contributed by atoms with Crippen LogP contribution < -0.4 is 5.73 Å². The maximum atomic E-state index is 5.58. The van der Waals surface area contributed by atoms with Crippen LogP contribution in [0.5, 0.6) is 0 Å². The quantitative estimate of drug-likeness (QED) is 0.601. The topological polar surface area (TPSA) is 95.7 Å². The molecule has 0 unspecified atom stereocenters. The van der Waals surface area contributed by atoms with Crippen LogP contribution in [0, 0.1) is 0 Å². The number of hydrogen-bond acceptors (Lipinski definition) is 7. The highest BCUT2D eigenvalue weighted by atomic mass is 32.1. The fraction of sp³-hybridized carbons (Fsp3) is 0.125. The van der Waals surface area contributed by atoms with Gasteiger partial charge in [-0.15, -0.1) is 15.3 Å². The lowest BCUT2D eigenvalue weighted by Crippen LogP contribution is -2.01. The third kappa shape index (κ3) is 3.04. The highest BCUT2D eigenvalue weighted by Crippen LogP contribution is 2.25. The number of nitrogen functional groups attached to an aromatic ring is 1. The molecule has 7 nitrogen and oxygen atoms in total. The highest BCUT2D eigenvalue weighted by Gasteiger charge is 2.08. The molecule has 0 aliphatic heterocycles. The summed E-state index contributed by atoms with van der Waals surface area (Å²) in [5.74, 6) is 0.832. The molecule has 4 rings (SSSR count). The van der Waals surface area contributed by atoms with Crippen molar-refractivity contribution in [3.05, 3.63) is 53.9 Å². The fourth-order valence-electron chi connectivity index (χ4n) is 2.39. The van der Waals surface area contributed by atoms with Crippen molar-refractivity contribution in [2.45, 2.75) is 13.0 Å². The Hall–Kier alpha value is -3.00. The number of furan rings is 1. The van der Waals surface area contributed by atoms with Crippen molar-refractivity contribution in [3.8, 4) is 22.6 Å². The SMILES string of the molecule is Nc1nnc(CCn2cc(-c3cccc(-c4ccco4)c3)nn2)s1.